The van der Waals surface area contributed by atoms with Crippen molar-refractivity contribution in [1.82, 2.24) is 40.4 Å². The monoisotopic (exact) mass is 756 g/mol. The first kappa shape index (κ1) is 35.6. The van der Waals surface area contributed by atoms with Crippen LogP contribution in [0.4, 0.5) is 0 Å². The molecule has 16 nitrogen and oxygen atoms in total. The van der Waals surface area contributed by atoms with Crippen molar-refractivity contribution in [2.75, 3.05) is 6.54 Å². The highest BCUT2D eigenvalue weighted by Crippen LogP contribution is 2.46. The minimum absolute atomic E-state index is 0.0187. The highest BCUT2D eigenvalue weighted by molar-refractivity contribution is 7.91. The number of rotatable bonds is 7. The van der Waals surface area contributed by atoms with Crippen LogP contribution < -0.4 is 20.1 Å². The van der Waals surface area contributed by atoms with Gasteiger partial charge in [0.05, 0.1) is 11.8 Å². The Balaban J connectivity index is 1.12. The van der Waals surface area contributed by atoms with E-state index in [0.717, 1.165) is 23.6 Å². The van der Waals surface area contributed by atoms with Gasteiger partial charge in [-0.15, -0.1) is 0 Å². The van der Waals surface area contributed by atoms with Crippen LogP contribution in [0.5, 0.6) is 5.88 Å². The molecule has 2 aliphatic heterocycles. The van der Waals surface area contributed by atoms with E-state index in [1.54, 1.807) is 13.1 Å². The Kier molecular flexibility index (Phi) is 9.27. The van der Waals surface area contributed by atoms with E-state index in [4.69, 9.17) is 9.26 Å². The van der Waals surface area contributed by atoms with E-state index < -0.39 is 68.5 Å². The van der Waals surface area contributed by atoms with Gasteiger partial charge in [0.15, 0.2) is 11.3 Å². The fraction of sp³-hybridized carbons (Fsp3) is 0.459. The summed E-state index contributed by atoms with van der Waals surface area (Å²) < 4.78 is 39.5. The van der Waals surface area contributed by atoms with E-state index in [0.29, 0.717) is 48.9 Å². The van der Waals surface area contributed by atoms with Crippen LogP contribution in [0.25, 0.3) is 21.8 Å². The maximum atomic E-state index is 14.6. The van der Waals surface area contributed by atoms with Gasteiger partial charge in [0.1, 0.15) is 35.8 Å². The summed E-state index contributed by atoms with van der Waals surface area (Å²) >= 11 is 0. The molecular formula is C37H40N8O8S. The van der Waals surface area contributed by atoms with Crippen molar-refractivity contribution < 1.29 is 36.9 Å². The number of aromatic nitrogens is 4. The maximum absolute atomic E-state index is 14.6. The maximum Gasteiger partial charge on any atom is 0.274 e. The van der Waals surface area contributed by atoms with Crippen LogP contribution in [0.2, 0.25) is 0 Å². The van der Waals surface area contributed by atoms with Crippen LogP contribution in [0.15, 0.2) is 59.5 Å². The molecule has 1 saturated heterocycles. The number of carbonyl (C=O) groups is 4. The Labute approximate surface area is 310 Å². The molecule has 0 unspecified atom stereocenters. The molecular weight excluding hydrogens is 717 g/mol. The minimum atomic E-state index is -3.90. The van der Waals surface area contributed by atoms with Crippen molar-refractivity contribution in [2.45, 2.75) is 93.7 Å². The lowest BCUT2D eigenvalue weighted by Crippen LogP contribution is -2.58. The summed E-state index contributed by atoms with van der Waals surface area (Å²) in [6, 6.07) is 6.81. The van der Waals surface area contributed by atoms with Crippen molar-refractivity contribution in [1.29, 1.82) is 0 Å². The average Bonchev–Trinajstić information content (AvgIpc) is 4.05. The molecule has 3 N–H and O–H groups in total. The molecule has 54 heavy (non-hydrogen) atoms. The number of hydrogen-bond donors (Lipinski definition) is 3. The molecule has 8 rings (SSSR count). The number of benzene rings is 1. The molecule has 4 aliphatic rings. The summed E-state index contributed by atoms with van der Waals surface area (Å²) in [5.41, 5.74) is -1.09. The number of ether oxygens (including phenoxy) is 1. The van der Waals surface area contributed by atoms with Crippen molar-refractivity contribution in [3.8, 4) is 5.88 Å². The first-order valence-electron chi connectivity index (χ1n) is 18.3. The number of fused-ring (bicyclic) bond motifs is 5. The van der Waals surface area contributed by atoms with Crippen LogP contribution >= 0.6 is 0 Å². The van der Waals surface area contributed by atoms with Gasteiger partial charge in [0, 0.05) is 35.4 Å². The normalized spacial score (nSPS) is 26.9. The molecule has 17 heteroatoms. The molecule has 4 amide bonds. The number of carbonyl (C=O) groups excluding carboxylic acids is 4. The quantitative estimate of drug-likeness (QED) is 0.183. The lowest BCUT2D eigenvalue weighted by molar-refractivity contribution is -0.141. The second-order valence-electron chi connectivity index (χ2n) is 14.6. The third-order valence-electron chi connectivity index (χ3n) is 10.6. The van der Waals surface area contributed by atoms with Crippen LogP contribution in [0.1, 0.15) is 74.0 Å². The fourth-order valence-electron chi connectivity index (χ4n) is 7.46. The first-order chi connectivity index (χ1) is 26.0. The molecule has 282 valence electrons. The van der Waals surface area contributed by atoms with Crippen LogP contribution in [0, 0.1) is 12.8 Å². The predicted molar refractivity (Wildman–Crippen MR) is 193 cm³/mol. The van der Waals surface area contributed by atoms with E-state index in [-0.39, 0.29) is 31.0 Å². The number of sulfonamides is 1. The lowest BCUT2D eigenvalue weighted by atomic mass is 10.0. The summed E-state index contributed by atoms with van der Waals surface area (Å²) in [5.74, 6) is -2.28. The van der Waals surface area contributed by atoms with Crippen molar-refractivity contribution in [3.05, 3.63) is 66.5 Å². The topological polar surface area (TPSA) is 216 Å². The number of nitrogens with one attached hydrogen (secondary N) is 3. The number of amides is 4. The van der Waals surface area contributed by atoms with Gasteiger partial charge in [-0.1, -0.05) is 48.3 Å². The van der Waals surface area contributed by atoms with Gasteiger partial charge in [-0.2, -0.15) is 4.98 Å². The Hall–Kier alpha value is -5.45. The lowest BCUT2D eigenvalue weighted by Gasteiger charge is -2.29. The summed E-state index contributed by atoms with van der Waals surface area (Å²) in [5, 5.41) is 11.1. The number of hydrogen-bond acceptors (Lipinski definition) is 12. The van der Waals surface area contributed by atoms with Gasteiger partial charge < -0.3 is 24.8 Å². The van der Waals surface area contributed by atoms with E-state index in [2.05, 4.69) is 35.5 Å². The Morgan fingerprint density at radius 2 is 1.89 bits per heavy atom. The predicted octanol–water partition coefficient (Wildman–Crippen LogP) is 2.62. The number of allylic oxidation sites excluding steroid dienone is 1. The van der Waals surface area contributed by atoms with Gasteiger partial charge in [-0.25, -0.2) is 18.4 Å². The third-order valence-corrected chi connectivity index (χ3v) is 12.5. The van der Waals surface area contributed by atoms with E-state index in [1.807, 2.05) is 36.4 Å². The zero-order valence-corrected chi connectivity index (χ0v) is 30.4. The van der Waals surface area contributed by atoms with Crippen LogP contribution in [-0.4, -0.2) is 92.6 Å². The third kappa shape index (κ3) is 6.99. The Morgan fingerprint density at radius 1 is 1.07 bits per heavy atom. The summed E-state index contributed by atoms with van der Waals surface area (Å²) in [7, 11) is -3.90. The molecule has 3 aromatic heterocycles. The van der Waals surface area contributed by atoms with E-state index in [9.17, 15) is 27.6 Å². The van der Waals surface area contributed by atoms with Crippen LogP contribution in [-0.2, 0) is 24.4 Å². The summed E-state index contributed by atoms with van der Waals surface area (Å²) in [4.78, 5) is 70.5. The molecule has 3 fully saturated rings. The van der Waals surface area contributed by atoms with Gasteiger partial charge >= 0.3 is 0 Å². The smallest absolute Gasteiger partial charge is 0.274 e. The standard InChI is InChI=1S/C37H40N8O8S/c1-21-15-29(43-53-21)32(46)40-28-12-6-4-2-3-5-9-22-17-37(22,36(49)44-54(50,51)24-13-14-24)42-33(47)30-16-23(19-45(30)35(28)48)52-34-26-11-8-7-10-25(26)27-18-38-20-39-31(27)41-34/h5,7-11,15,18,20,22-24,28,30H,2-4,6,12-14,16-17,19H2,1H3,(H,40,46)(H,42,47)(H,44,49)/b9-5-/t22-,23+,28-,30-,37+/m0/s1. The molecule has 2 saturated carbocycles. The second-order valence-corrected chi connectivity index (χ2v) is 16.5. The molecule has 4 aromatic rings. The molecule has 0 bridgehead atoms. The van der Waals surface area contributed by atoms with E-state index in [1.165, 1.54) is 17.3 Å². The summed E-state index contributed by atoms with van der Waals surface area (Å²) in [6.45, 7) is 1.61. The van der Waals surface area contributed by atoms with Crippen molar-refractivity contribution in [3.63, 3.8) is 0 Å². The largest absolute Gasteiger partial charge is 0.472 e. The van der Waals surface area contributed by atoms with Crippen molar-refractivity contribution >= 4 is 55.5 Å². The molecule has 0 spiro atoms. The van der Waals surface area contributed by atoms with E-state index >= 15 is 0 Å². The zero-order valence-electron chi connectivity index (χ0n) is 29.6. The van der Waals surface area contributed by atoms with Gasteiger partial charge in [0.25, 0.3) is 11.8 Å². The summed E-state index contributed by atoms with van der Waals surface area (Å²) in [6.07, 6.45) is 10.4. The zero-order chi connectivity index (χ0) is 37.6. The molecule has 5 atom stereocenters. The minimum Gasteiger partial charge on any atom is -0.472 e. The van der Waals surface area contributed by atoms with Gasteiger partial charge in [0.2, 0.25) is 27.7 Å². The highest BCUT2D eigenvalue weighted by atomic mass is 32.2. The Morgan fingerprint density at radius 3 is 2.67 bits per heavy atom. The number of nitrogens with zero attached hydrogens (tertiary/aromatic N) is 5. The Bertz CT molecular complexity index is 2290. The first-order valence-corrected chi connectivity index (χ1v) is 19.8. The average molecular weight is 757 g/mol. The fourth-order valence-corrected chi connectivity index (χ4v) is 8.83. The number of pyridine rings is 1. The molecule has 1 aromatic carbocycles. The van der Waals surface area contributed by atoms with Gasteiger partial charge in [-0.05, 0) is 56.9 Å². The van der Waals surface area contributed by atoms with Gasteiger partial charge in [-0.3, -0.25) is 23.9 Å². The second kappa shape index (κ2) is 14.1. The van der Waals surface area contributed by atoms with Crippen LogP contribution in [0.3, 0.4) is 0 Å². The SMILES string of the molecule is Cc1cc(C(=O)N[C@H]2CCCCC/C=C\[C@H]3C[C@@]3(C(=O)NS(=O)(=O)C3CC3)NC(=O)[C@@H]3C[C@@H](Oc4nc5ncncc5c5ccccc45)CN3C2=O)no1. The highest BCUT2D eigenvalue weighted by Gasteiger charge is 2.62. The number of aryl methyl sites for hydroxylation is 1. The molecule has 2 aliphatic carbocycles. The van der Waals surface area contributed by atoms with Crippen molar-refractivity contribution in [2.24, 2.45) is 5.92 Å². The molecule has 0 radical (unpaired) electrons. The molecule has 5 heterocycles.